The average Bonchev–Trinajstić information content (AvgIpc) is 2.09. The predicted octanol–water partition coefficient (Wildman–Crippen LogP) is 0.941. The zero-order chi connectivity index (χ0) is 11.4. The van der Waals surface area contributed by atoms with Gasteiger partial charge in [0.1, 0.15) is 12.2 Å². The number of rotatable bonds is 3. The molecule has 0 fully saturated rings. The van der Waals surface area contributed by atoms with Crippen LogP contribution in [0.4, 0.5) is 0 Å². The van der Waals surface area contributed by atoms with Crippen LogP contribution in [0.5, 0.6) is 0 Å². The van der Waals surface area contributed by atoms with Crippen molar-refractivity contribution in [1.82, 2.24) is 0 Å². The van der Waals surface area contributed by atoms with E-state index in [0.29, 0.717) is 0 Å². The van der Waals surface area contributed by atoms with Gasteiger partial charge in [-0.3, -0.25) is 9.59 Å². The summed E-state index contributed by atoms with van der Waals surface area (Å²) in [6, 6.07) is 0. The van der Waals surface area contributed by atoms with Crippen LogP contribution < -0.4 is 0 Å². The number of carbonyl (C=O) groups excluding carboxylic acids is 1. The van der Waals surface area contributed by atoms with E-state index in [4.69, 9.17) is 14.6 Å². The molecule has 1 heterocycles. The third kappa shape index (κ3) is 3.27. The summed E-state index contributed by atoms with van der Waals surface area (Å²) >= 11 is 0. The molecule has 1 aliphatic rings. The van der Waals surface area contributed by atoms with Crippen molar-refractivity contribution in [2.75, 3.05) is 0 Å². The van der Waals surface area contributed by atoms with Crippen LogP contribution in [-0.4, -0.2) is 29.3 Å². The highest BCUT2D eigenvalue weighted by molar-refractivity contribution is 5.68. The molecule has 15 heavy (non-hydrogen) atoms. The maximum Gasteiger partial charge on any atom is 0.304 e. The highest BCUT2D eigenvalue weighted by Gasteiger charge is 2.33. The summed E-state index contributed by atoms with van der Waals surface area (Å²) in [5.74, 6) is -1.67. The molecule has 0 saturated heterocycles. The maximum atomic E-state index is 10.8. The Morgan fingerprint density at radius 3 is 2.73 bits per heavy atom. The van der Waals surface area contributed by atoms with Gasteiger partial charge in [-0.2, -0.15) is 0 Å². The van der Waals surface area contributed by atoms with Gasteiger partial charge in [0.05, 0.1) is 12.7 Å². The molecule has 0 radical (unpaired) electrons. The summed E-state index contributed by atoms with van der Waals surface area (Å²) in [6.45, 7) is 3.04. The summed E-state index contributed by atoms with van der Waals surface area (Å²) < 4.78 is 10.2. The Labute approximate surface area is 87.7 Å². The molecule has 3 atom stereocenters. The van der Waals surface area contributed by atoms with E-state index in [1.807, 2.05) is 0 Å². The lowest BCUT2D eigenvalue weighted by Crippen LogP contribution is -2.39. The molecule has 1 aliphatic heterocycles. The van der Waals surface area contributed by atoms with E-state index in [1.165, 1.54) is 13.2 Å². The van der Waals surface area contributed by atoms with E-state index < -0.39 is 18.0 Å². The minimum atomic E-state index is -0.920. The Kier molecular flexibility index (Phi) is 3.71. The number of esters is 1. The summed E-state index contributed by atoms with van der Waals surface area (Å²) in [5, 5.41) is 8.69. The lowest BCUT2D eigenvalue weighted by molar-refractivity contribution is -0.159. The molecule has 1 N–H and O–H groups in total. The number of carboxylic acid groups (broad SMARTS) is 1. The third-order valence-electron chi connectivity index (χ3n) is 2.22. The molecule has 0 aromatic carbocycles. The fourth-order valence-electron chi connectivity index (χ4n) is 1.57. The average molecular weight is 214 g/mol. The molecule has 0 unspecified atom stereocenters. The van der Waals surface area contributed by atoms with Gasteiger partial charge >= 0.3 is 11.9 Å². The molecule has 0 aromatic rings. The molecule has 0 bridgehead atoms. The Balaban J connectivity index is 2.71. The first-order chi connectivity index (χ1) is 7.00. The number of hydrogen-bond donors (Lipinski definition) is 1. The SMILES string of the molecule is CC(=O)O[C@H]1[C@H](C)OC=C[C@H]1CC(=O)O. The largest absolute Gasteiger partial charge is 0.495 e. The summed E-state index contributed by atoms with van der Waals surface area (Å²) in [5.41, 5.74) is 0. The number of carbonyl (C=O) groups is 2. The molecule has 5 nitrogen and oxygen atoms in total. The smallest absolute Gasteiger partial charge is 0.304 e. The van der Waals surface area contributed by atoms with Gasteiger partial charge in [-0.15, -0.1) is 0 Å². The molecule has 1 rings (SSSR count). The lowest BCUT2D eigenvalue weighted by Gasteiger charge is -2.31. The van der Waals surface area contributed by atoms with Gasteiger partial charge < -0.3 is 14.6 Å². The predicted molar refractivity (Wildman–Crippen MR) is 51.0 cm³/mol. The first-order valence-corrected chi connectivity index (χ1v) is 4.72. The maximum absolute atomic E-state index is 10.8. The van der Waals surface area contributed by atoms with Crippen LogP contribution in [0.3, 0.4) is 0 Å². The van der Waals surface area contributed by atoms with Crippen molar-refractivity contribution in [2.45, 2.75) is 32.5 Å². The molecular formula is C10H14O5. The second-order valence-corrected chi connectivity index (χ2v) is 3.51. The molecule has 0 spiro atoms. The Morgan fingerprint density at radius 2 is 2.20 bits per heavy atom. The summed E-state index contributed by atoms with van der Waals surface area (Å²) in [7, 11) is 0. The molecule has 0 aliphatic carbocycles. The number of hydrogen-bond acceptors (Lipinski definition) is 4. The van der Waals surface area contributed by atoms with Gasteiger partial charge in [0, 0.05) is 12.8 Å². The van der Waals surface area contributed by atoms with Crippen molar-refractivity contribution in [2.24, 2.45) is 5.92 Å². The first-order valence-electron chi connectivity index (χ1n) is 4.72. The fraction of sp³-hybridized carbons (Fsp3) is 0.600. The van der Waals surface area contributed by atoms with Crippen molar-refractivity contribution in [3.63, 3.8) is 0 Å². The molecule has 0 amide bonds. The van der Waals surface area contributed by atoms with Gasteiger partial charge in [0.2, 0.25) is 0 Å². The van der Waals surface area contributed by atoms with Crippen LogP contribution in [0, 0.1) is 5.92 Å². The van der Waals surface area contributed by atoms with Crippen LogP contribution in [0.15, 0.2) is 12.3 Å². The van der Waals surface area contributed by atoms with Crippen molar-refractivity contribution in [3.05, 3.63) is 12.3 Å². The highest BCUT2D eigenvalue weighted by atomic mass is 16.6. The molecule has 5 heteroatoms. The Morgan fingerprint density at radius 1 is 1.53 bits per heavy atom. The van der Waals surface area contributed by atoms with Crippen LogP contribution in [0.1, 0.15) is 20.3 Å². The van der Waals surface area contributed by atoms with E-state index in [9.17, 15) is 9.59 Å². The molecule has 0 aromatic heterocycles. The van der Waals surface area contributed by atoms with Gasteiger partial charge in [0.15, 0.2) is 0 Å². The second kappa shape index (κ2) is 4.82. The van der Waals surface area contributed by atoms with E-state index in [-0.39, 0.29) is 18.4 Å². The summed E-state index contributed by atoms with van der Waals surface area (Å²) in [6.07, 6.45) is 2.16. The van der Waals surface area contributed by atoms with E-state index in [1.54, 1.807) is 13.0 Å². The van der Waals surface area contributed by atoms with Crippen molar-refractivity contribution < 1.29 is 24.2 Å². The van der Waals surface area contributed by atoms with Gasteiger partial charge in [-0.1, -0.05) is 0 Å². The minimum Gasteiger partial charge on any atom is -0.495 e. The zero-order valence-corrected chi connectivity index (χ0v) is 8.67. The Hall–Kier alpha value is -1.52. The lowest BCUT2D eigenvalue weighted by atomic mass is 9.93. The normalized spacial score (nSPS) is 29.3. The summed E-state index contributed by atoms with van der Waals surface area (Å²) in [4.78, 5) is 21.4. The standard InChI is InChI=1S/C10H14O5/c1-6-10(15-7(2)11)8(3-4-14-6)5-9(12)13/h3-4,6,8,10H,5H2,1-2H3,(H,12,13)/t6-,8-,10-/m0/s1. The van der Waals surface area contributed by atoms with Crippen molar-refractivity contribution in [1.29, 1.82) is 0 Å². The molecule has 84 valence electrons. The Bertz CT molecular complexity index is 284. The number of ether oxygens (including phenoxy) is 2. The van der Waals surface area contributed by atoms with Crippen LogP contribution in [0.2, 0.25) is 0 Å². The second-order valence-electron chi connectivity index (χ2n) is 3.51. The van der Waals surface area contributed by atoms with E-state index >= 15 is 0 Å². The van der Waals surface area contributed by atoms with Gasteiger partial charge in [-0.25, -0.2) is 0 Å². The fourth-order valence-corrected chi connectivity index (χ4v) is 1.57. The zero-order valence-electron chi connectivity index (χ0n) is 8.67. The van der Waals surface area contributed by atoms with Crippen molar-refractivity contribution in [3.8, 4) is 0 Å². The monoisotopic (exact) mass is 214 g/mol. The van der Waals surface area contributed by atoms with Crippen LogP contribution in [0.25, 0.3) is 0 Å². The van der Waals surface area contributed by atoms with Crippen molar-refractivity contribution >= 4 is 11.9 Å². The molecular weight excluding hydrogens is 200 g/mol. The van der Waals surface area contributed by atoms with E-state index in [0.717, 1.165) is 0 Å². The third-order valence-corrected chi connectivity index (χ3v) is 2.22. The minimum absolute atomic E-state index is 0.0673. The van der Waals surface area contributed by atoms with Gasteiger partial charge in [0.25, 0.3) is 0 Å². The number of carboxylic acids is 1. The van der Waals surface area contributed by atoms with Crippen LogP contribution >= 0.6 is 0 Å². The topological polar surface area (TPSA) is 72.8 Å². The molecule has 0 saturated carbocycles. The van der Waals surface area contributed by atoms with E-state index in [2.05, 4.69) is 0 Å². The quantitative estimate of drug-likeness (QED) is 0.708. The number of aliphatic carboxylic acids is 1. The van der Waals surface area contributed by atoms with Crippen LogP contribution in [-0.2, 0) is 19.1 Å². The first kappa shape index (κ1) is 11.6. The van der Waals surface area contributed by atoms with Gasteiger partial charge in [-0.05, 0) is 13.0 Å². The highest BCUT2D eigenvalue weighted by Crippen LogP contribution is 2.24.